The molecular weight excluding hydrogens is 302 g/mol. The van der Waals surface area contributed by atoms with Crippen LogP contribution in [0.1, 0.15) is 38.5 Å². The minimum Gasteiger partial charge on any atom is -0.378 e. The van der Waals surface area contributed by atoms with Crippen molar-refractivity contribution in [1.29, 1.82) is 0 Å². The fourth-order valence-corrected chi connectivity index (χ4v) is 3.37. The van der Waals surface area contributed by atoms with Gasteiger partial charge in [0.05, 0.1) is 6.10 Å². The van der Waals surface area contributed by atoms with Gasteiger partial charge >= 0.3 is 0 Å². The molecule has 7 heteroatoms. The van der Waals surface area contributed by atoms with Crippen molar-refractivity contribution in [2.75, 3.05) is 39.8 Å². The molecule has 0 aliphatic carbocycles. The highest BCUT2D eigenvalue weighted by Crippen LogP contribution is 2.15. The van der Waals surface area contributed by atoms with Gasteiger partial charge < -0.3 is 9.64 Å². The number of rotatable bonds is 11. The number of ether oxygens (including phenoxy) is 1. The molecule has 0 atom stereocenters. The lowest BCUT2D eigenvalue weighted by Gasteiger charge is -2.29. The molecule has 1 heterocycles. The van der Waals surface area contributed by atoms with E-state index in [1.165, 1.54) is 23.6 Å². The summed E-state index contributed by atoms with van der Waals surface area (Å²) in [6, 6.07) is 0. The summed E-state index contributed by atoms with van der Waals surface area (Å²) in [6.45, 7) is 7.49. The molecule has 0 aromatic heterocycles. The molecular formula is C15H31N3O3S. The molecule has 1 aliphatic heterocycles. The van der Waals surface area contributed by atoms with Gasteiger partial charge in [0.25, 0.3) is 10.2 Å². The maximum atomic E-state index is 11.2. The van der Waals surface area contributed by atoms with Gasteiger partial charge in [-0.2, -0.15) is 12.7 Å². The average Bonchev–Trinajstić information content (AvgIpc) is 2.46. The summed E-state index contributed by atoms with van der Waals surface area (Å²) in [4.78, 5) is 2.27. The number of nitrogens with two attached hydrogens (primary N) is 1. The quantitative estimate of drug-likeness (QED) is 0.457. The average molecular weight is 333 g/mol. The lowest BCUT2D eigenvalue weighted by molar-refractivity contribution is 0.0192. The van der Waals surface area contributed by atoms with Gasteiger partial charge in [-0.05, 0) is 39.3 Å². The van der Waals surface area contributed by atoms with Crippen molar-refractivity contribution in [2.24, 2.45) is 5.14 Å². The molecule has 0 amide bonds. The van der Waals surface area contributed by atoms with Gasteiger partial charge in [0.15, 0.2) is 0 Å². The van der Waals surface area contributed by atoms with E-state index < -0.39 is 10.2 Å². The lowest BCUT2D eigenvalue weighted by Crippen LogP contribution is -2.44. The molecule has 0 aromatic carbocycles. The Morgan fingerprint density at radius 3 is 2.50 bits per heavy atom. The minimum absolute atomic E-state index is 0.178. The number of hydrogen-bond acceptors (Lipinski definition) is 4. The first-order chi connectivity index (χ1) is 10.4. The first-order valence-corrected chi connectivity index (χ1v) is 9.62. The molecule has 0 unspecified atom stereocenters. The summed E-state index contributed by atoms with van der Waals surface area (Å²) in [5.41, 5.74) is 0. The highest BCUT2D eigenvalue weighted by atomic mass is 32.2. The van der Waals surface area contributed by atoms with Gasteiger partial charge in [-0.15, -0.1) is 6.58 Å². The van der Waals surface area contributed by atoms with E-state index >= 15 is 0 Å². The van der Waals surface area contributed by atoms with Crippen LogP contribution in [0.5, 0.6) is 0 Å². The van der Waals surface area contributed by atoms with Crippen molar-refractivity contribution in [3.05, 3.63) is 12.7 Å². The van der Waals surface area contributed by atoms with Crippen molar-refractivity contribution in [3.63, 3.8) is 0 Å². The first kappa shape index (κ1) is 19.6. The Labute approximate surface area is 135 Å². The minimum atomic E-state index is -3.53. The molecule has 0 aromatic rings. The van der Waals surface area contributed by atoms with Gasteiger partial charge in [0.2, 0.25) is 0 Å². The fourth-order valence-electron chi connectivity index (χ4n) is 2.65. The Bertz CT molecular complexity index is 406. The molecule has 1 rings (SSSR count). The highest BCUT2D eigenvalue weighted by Gasteiger charge is 2.25. The van der Waals surface area contributed by atoms with E-state index in [1.807, 2.05) is 6.08 Å². The van der Waals surface area contributed by atoms with Gasteiger partial charge in [-0.25, -0.2) is 5.14 Å². The van der Waals surface area contributed by atoms with Crippen LogP contribution < -0.4 is 5.14 Å². The summed E-state index contributed by atoms with van der Waals surface area (Å²) in [7, 11) is -1.42. The summed E-state index contributed by atoms with van der Waals surface area (Å²) >= 11 is 0. The van der Waals surface area contributed by atoms with Crippen molar-refractivity contribution >= 4 is 10.2 Å². The van der Waals surface area contributed by atoms with Crippen molar-refractivity contribution in [3.8, 4) is 0 Å². The Balaban J connectivity index is 1.97. The van der Waals surface area contributed by atoms with Crippen LogP contribution in [0.3, 0.4) is 0 Å². The van der Waals surface area contributed by atoms with Crippen LogP contribution in [-0.4, -0.2) is 63.6 Å². The van der Waals surface area contributed by atoms with E-state index in [-0.39, 0.29) is 6.10 Å². The standard InChI is InChI=1S/C15H31N3O3S/c1-3-10-17(2)11-6-4-5-7-14-21-15-8-12-18(13-9-15)22(16,19)20/h3,15H,1,4-14H2,2H3,(H2,16,19,20). The monoisotopic (exact) mass is 333 g/mol. The molecule has 1 saturated heterocycles. The molecule has 2 N–H and O–H groups in total. The van der Waals surface area contributed by atoms with Gasteiger partial charge in [0.1, 0.15) is 0 Å². The van der Waals surface area contributed by atoms with Crippen LogP contribution in [0.2, 0.25) is 0 Å². The third-order valence-corrected chi connectivity index (χ3v) is 5.07. The smallest absolute Gasteiger partial charge is 0.276 e. The summed E-state index contributed by atoms with van der Waals surface area (Å²) in [5, 5.41) is 5.11. The van der Waals surface area contributed by atoms with Crippen molar-refractivity contribution in [1.82, 2.24) is 9.21 Å². The second kappa shape index (κ2) is 10.3. The van der Waals surface area contributed by atoms with Crippen LogP contribution in [0, 0.1) is 0 Å². The van der Waals surface area contributed by atoms with Gasteiger partial charge in [0, 0.05) is 26.2 Å². The van der Waals surface area contributed by atoms with Gasteiger partial charge in [-0.3, -0.25) is 0 Å². The number of likely N-dealkylation sites (N-methyl/N-ethyl adjacent to an activating group) is 1. The normalized spacial score (nSPS) is 18.0. The SMILES string of the molecule is C=CCN(C)CCCCCCOC1CCN(S(N)(=O)=O)CC1. The molecule has 1 aliphatic rings. The second-order valence-electron chi connectivity index (χ2n) is 5.98. The molecule has 0 saturated carbocycles. The van der Waals surface area contributed by atoms with E-state index in [4.69, 9.17) is 9.88 Å². The van der Waals surface area contributed by atoms with Crippen LogP contribution >= 0.6 is 0 Å². The number of piperidine rings is 1. The zero-order valence-corrected chi connectivity index (χ0v) is 14.6. The second-order valence-corrected chi connectivity index (χ2v) is 7.53. The molecule has 0 bridgehead atoms. The summed E-state index contributed by atoms with van der Waals surface area (Å²) in [5.74, 6) is 0. The fraction of sp³-hybridized carbons (Fsp3) is 0.867. The Kier molecular flexibility index (Phi) is 9.19. The van der Waals surface area contributed by atoms with E-state index in [0.717, 1.165) is 39.0 Å². The largest absolute Gasteiger partial charge is 0.378 e. The third kappa shape index (κ3) is 8.24. The zero-order chi connectivity index (χ0) is 16.4. The number of nitrogens with zero attached hydrogens (tertiary/aromatic N) is 2. The maximum absolute atomic E-state index is 11.2. The van der Waals surface area contributed by atoms with E-state index in [2.05, 4.69) is 18.5 Å². The van der Waals surface area contributed by atoms with E-state index in [9.17, 15) is 8.42 Å². The molecule has 0 spiro atoms. The summed E-state index contributed by atoms with van der Waals surface area (Å²) in [6.07, 6.45) is 8.25. The molecule has 0 radical (unpaired) electrons. The zero-order valence-electron chi connectivity index (χ0n) is 13.7. The van der Waals surface area contributed by atoms with Crippen LogP contribution in [0.25, 0.3) is 0 Å². The van der Waals surface area contributed by atoms with Crippen LogP contribution in [0.15, 0.2) is 12.7 Å². The van der Waals surface area contributed by atoms with Crippen LogP contribution in [-0.2, 0) is 14.9 Å². The van der Waals surface area contributed by atoms with Crippen molar-refractivity contribution in [2.45, 2.75) is 44.6 Å². The lowest BCUT2D eigenvalue weighted by atomic mass is 10.1. The Hall–Kier alpha value is -0.470. The molecule has 22 heavy (non-hydrogen) atoms. The maximum Gasteiger partial charge on any atom is 0.276 e. The predicted octanol–water partition coefficient (Wildman–Crippen LogP) is 1.35. The van der Waals surface area contributed by atoms with E-state index in [0.29, 0.717) is 13.1 Å². The van der Waals surface area contributed by atoms with Crippen molar-refractivity contribution < 1.29 is 13.2 Å². The number of unbranched alkanes of at least 4 members (excludes halogenated alkanes) is 3. The summed E-state index contributed by atoms with van der Waals surface area (Å²) < 4.78 is 29.5. The topological polar surface area (TPSA) is 75.9 Å². The Morgan fingerprint density at radius 2 is 1.91 bits per heavy atom. The Morgan fingerprint density at radius 1 is 1.27 bits per heavy atom. The van der Waals surface area contributed by atoms with Crippen LogP contribution in [0.4, 0.5) is 0 Å². The van der Waals surface area contributed by atoms with E-state index in [1.54, 1.807) is 0 Å². The van der Waals surface area contributed by atoms with Gasteiger partial charge in [-0.1, -0.05) is 18.9 Å². The molecule has 1 fully saturated rings. The number of hydrogen-bond donors (Lipinski definition) is 1. The highest BCUT2D eigenvalue weighted by molar-refractivity contribution is 7.86. The third-order valence-electron chi connectivity index (χ3n) is 3.99. The first-order valence-electron chi connectivity index (χ1n) is 8.12. The molecule has 6 nitrogen and oxygen atoms in total. The predicted molar refractivity (Wildman–Crippen MR) is 89.8 cm³/mol. The molecule has 130 valence electrons.